The average molecular weight is 410 g/mol. The van der Waals surface area contributed by atoms with Crippen LogP contribution in [0.3, 0.4) is 0 Å². The SMILES string of the molecule is O=C1N[C@H]2[C@H](CS[C@@H]2C(CCC(C(=O)O)N2CCCC2=O)N2CCCC2=O)N1. The fraction of sp³-hybridized carbons (Fsp3) is 0.778. The van der Waals surface area contributed by atoms with Crippen LogP contribution in [0.25, 0.3) is 0 Å². The third kappa shape index (κ3) is 3.54. The van der Waals surface area contributed by atoms with E-state index in [-0.39, 0.29) is 41.2 Å². The molecule has 0 aromatic heterocycles. The van der Waals surface area contributed by atoms with Gasteiger partial charge in [0, 0.05) is 43.0 Å². The number of urea groups is 1. The molecule has 0 saturated carbocycles. The highest BCUT2D eigenvalue weighted by molar-refractivity contribution is 8.00. The van der Waals surface area contributed by atoms with Crippen molar-refractivity contribution < 1.29 is 24.3 Å². The van der Waals surface area contributed by atoms with Crippen molar-refractivity contribution in [2.45, 2.75) is 67.9 Å². The molecule has 3 N–H and O–H groups in total. The molecule has 10 heteroatoms. The van der Waals surface area contributed by atoms with E-state index in [9.17, 15) is 24.3 Å². The zero-order valence-corrected chi connectivity index (χ0v) is 16.5. The normalized spacial score (nSPS) is 31.7. The Bertz CT molecular complexity index is 689. The van der Waals surface area contributed by atoms with Crippen molar-refractivity contribution in [1.82, 2.24) is 20.4 Å². The van der Waals surface area contributed by atoms with Gasteiger partial charge in [0.15, 0.2) is 0 Å². The number of likely N-dealkylation sites (tertiary alicyclic amines) is 2. The molecule has 2 unspecified atom stereocenters. The maximum Gasteiger partial charge on any atom is 0.326 e. The fourth-order valence-electron chi connectivity index (χ4n) is 4.93. The first kappa shape index (κ1) is 19.4. The number of amides is 4. The number of nitrogens with one attached hydrogen (secondary N) is 2. The molecule has 4 rings (SSSR count). The molecule has 9 nitrogen and oxygen atoms in total. The van der Waals surface area contributed by atoms with Crippen LogP contribution in [0, 0.1) is 0 Å². The van der Waals surface area contributed by atoms with Crippen LogP contribution in [0.5, 0.6) is 0 Å². The molecule has 0 spiro atoms. The van der Waals surface area contributed by atoms with Crippen LogP contribution in [0.15, 0.2) is 0 Å². The lowest BCUT2D eigenvalue weighted by atomic mass is 9.95. The second-order valence-corrected chi connectivity index (χ2v) is 9.14. The second-order valence-electron chi connectivity index (χ2n) is 7.93. The average Bonchev–Trinajstić information content (AvgIpc) is 3.39. The molecule has 0 aromatic rings. The molecule has 4 amide bonds. The van der Waals surface area contributed by atoms with Crippen molar-refractivity contribution in [2.75, 3.05) is 18.8 Å². The minimum atomic E-state index is -0.991. The molecular weight excluding hydrogens is 384 g/mol. The van der Waals surface area contributed by atoms with Crippen LogP contribution < -0.4 is 10.6 Å². The van der Waals surface area contributed by atoms with E-state index in [1.165, 1.54) is 4.90 Å². The lowest BCUT2D eigenvalue weighted by molar-refractivity contribution is -0.148. The Labute approximate surface area is 167 Å². The molecule has 0 aliphatic carbocycles. The lowest BCUT2D eigenvalue weighted by Crippen LogP contribution is -2.52. The minimum Gasteiger partial charge on any atom is -0.480 e. The van der Waals surface area contributed by atoms with Gasteiger partial charge in [-0.05, 0) is 25.7 Å². The molecule has 0 aromatic carbocycles. The van der Waals surface area contributed by atoms with Crippen LogP contribution in [0.4, 0.5) is 4.79 Å². The van der Waals surface area contributed by atoms with Crippen molar-refractivity contribution in [1.29, 1.82) is 0 Å². The Morgan fingerprint density at radius 3 is 2.36 bits per heavy atom. The van der Waals surface area contributed by atoms with E-state index >= 15 is 0 Å². The van der Waals surface area contributed by atoms with Crippen molar-refractivity contribution in [3.63, 3.8) is 0 Å². The number of carboxylic acids is 1. The molecule has 154 valence electrons. The summed E-state index contributed by atoms with van der Waals surface area (Å²) in [6, 6.07) is -1.20. The molecule has 4 heterocycles. The third-order valence-corrected chi connectivity index (χ3v) is 7.81. The number of carbonyl (C=O) groups excluding carboxylic acids is 3. The summed E-state index contributed by atoms with van der Waals surface area (Å²) in [4.78, 5) is 51.4. The molecular formula is C18H26N4O5S. The van der Waals surface area contributed by atoms with E-state index in [0.717, 1.165) is 12.2 Å². The summed E-state index contributed by atoms with van der Waals surface area (Å²) in [5.41, 5.74) is 0. The number of rotatable bonds is 7. The van der Waals surface area contributed by atoms with E-state index in [1.54, 1.807) is 11.8 Å². The molecule has 4 aliphatic heterocycles. The van der Waals surface area contributed by atoms with Crippen LogP contribution in [0.1, 0.15) is 38.5 Å². The Balaban J connectivity index is 1.51. The Hall–Kier alpha value is -1.97. The molecule has 4 saturated heterocycles. The number of fused-ring (bicyclic) bond motifs is 1. The summed E-state index contributed by atoms with van der Waals surface area (Å²) in [7, 11) is 0. The van der Waals surface area contributed by atoms with Gasteiger partial charge in [-0.15, -0.1) is 0 Å². The minimum absolute atomic E-state index is 0.0229. The van der Waals surface area contributed by atoms with Gasteiger partial charge >= 0.3 is 12.0 Å². The molecule has 0 bridgehead atoms. The van der Waals surface area contributed by atoms with E-state index in [4.69, 9.17) is 0 Å². The molecule has 5 atom stereocenters. The largest absolute Gasteiger partial charge is 0.480 e. The van der Waals surface area contributed by atoms with E-state index in [1.807, 2.05) is 4.90 Å². The molecule has 28 heavy (non-hydrogen) atoms. The summed E-state index contributed by atoms with van der Waals surface area (Å²) < 4.78 is 0. The van der Waals surface area contributed by atoms with Gasteiger partial charge in [-0.3, -0.25) is 9.59 Å². The van der Waals surface area contributed by atoms with Gasteiger partial charge in [0.05, 0.1) is 12.1 Å². The van der Waals surface area contributed by atoms with Crippen molar-refractivity contribution in [3.05, 3.63) is 0 Å². The second kappa shape index (κ2) is 7.81. The number of hydrogen-bond acceptors (Lipinski definition) is 5. The maximum absolute atomic E-state index is 12.4. The van der Waals surface area contributed by atoms with Crippen LogP contribution >= 0.6 is 11.8 Å². The van der Waals surface area contributed by atoms with Crippen molar-refractivity contribution in [2.24, 2.45) is 0 Å². The van der Waals surface area contributed by atoms with Gasteiger partial charge in [0.25, 0.3) is 0 Å². The Kier molecular flexibility index (Phi) is 5.39. The zero-order valence-electron chi connectivity index (χ0n) is 15.6. The molecule has 4 fully saturated rings. The van der Waals surface area contributed by atoms with Gasteiger partial charge in [-0.2, -0.15) is 11.8 Å². The van der Waals surface area contributed by atoms with Crippen molar-refractivity contribution in [3.8, 4) is 0 Å². The topological polar surface area (TPSA) is 119 Å². The number of carbonyl (C=O) groups is 4. The molecule has 4 aliphatic rings. The molecule has 0 radical (unpaired) electrons. The summed E-state index contributed by atoms with van der Waals surface area (Å²) in [5.74, 6) is -0.228. The number of aliphatic carboxylic acids is 1. The lowest BCUT2D eigenvalue weighted by Gasteiger charge is -2.36. The summed E-state index contributed by atoms with van der Waals surface area (Å²) in [5, 5.41) is 15.6. The van der Waals surface area contributed by atoms with Gasteiger partial charge in [0.2, 0.25) is 11.8 Å². The number of carboxylic acid groups (broad SMARTS) is 1. The van der Waals surface area contributed by atoms with Crippen LogP contribution in [0.2, 0.25) is 0 Å². The van der Waals surface area contributed by atoms with Crippen molar-refractivity contribution >= 4 is 35.6 Å². The highest BCUT2D eigenvalue weighted by Gasteiger charge is 2.49. The number of hydrogen-bond donors (Lipinski definition) is 3. The van der Waals surface area contributed by atoms with Crippen LogP contribution in [-0.4, -0.2) is 87.0 Å². The van der Waals surface area contributed by atoms with E-state index < -0.39 is 12.0 Å². The number of thioether (sulfide) groups is 1. The number of nitrogens with zero attached hydrogens (tertiary/aromatic N) is 2. The van der Waals surface area contributed by atoms with E-state index in [0.29, 0.717) is 45.2 Å². The first-order valence-electron chi connectivity index (χ1n) is 9.96. The maximum atomic E-state index is 12.4. The predicted molar refractivity (Wildman–Crippen MR) is 102 cm³/mol. The summed E-state index contributed by atoms with van der Waals surface area (Å²) in [6.07, 6.45) is 3.22. The smallest absolute Gasteiger partial charge is 0.326 e. The predicted octanol–water partition coefficient (Wildman–Crippen LogP) is -0.00140. The van der Waals surface area contributed by atoms with Gasteiger partial charge < -0.3 is 25.5 Å². The highest BCUT2D eigenvalue weighted by atomic mass is 32.2. The first-order chi connectivity index (χ1) is 13.5. The quantitative estimate of drug-likeness (QED) is 0.508. The summed E-state index contributed by atoms with van der Waals surface area (Å²) in [6.45, 7) is 1.14. The van der Waals surface area contributed by atoms with Gasteiger partial charge in [0.1, 0.15) is 6.04 Å². The highest BCUT2D eigenvalue weighted by Crippen LogP contribution is 2.37. The van der Waals surface area contributed by atoms with Crippen LogP contribution in [-0.2, 0) is 14.4 Å². The monoisotopic (exact) mass is 410 g/mol. The van der Waals surface area contributed by atoms with E-state index in [2.05, 4.69) is 10.6 Å². The fourth-order valence-corrected chi connectivity index (χ4v) is 6.62. The Morgan fingerprint density at radius 1 is 1.07 bits per heavy atom. The van der Waals surface area contributed by atoms with Gasteiger partial charge in [-0.1, -0.05) is 0 Å². The Morgan fingerprint density at radius 2 is 1.75 bits per heavy atom. The standard InChI is InChI=1S/C18H26N4O5S/c23-13-3-1-7-21(13)11(16-15-10(9-28-16)19-18(27)20-15)5-6-12(17(25)26)22-8-2-4-14(22)24/h10-12,15-16H,1-9H2,(H,25,26)(H2,19,20,27)/t10-,11?,12?,15-,16+/m0/s1. The van der Waals surface area contributed by atoms with Gasteiger partial charge in [-0.25, -0.2) is 9.59 Å². The third-order valence-electron chi connectivity index (χ3n) is 6.27. The summed E-state index contributed by atoms with van der Waals surface area (Å²) >= 11 is 1.73. The first-order valence-corrected chi connectivity index (χ1v) is 11.0. The zero-order chi connectivity index (χ0) is 19.8.